The fourth-order valence-electron chi connectivity index (χ4n) is 0.139. The summed E-state index contributed by atoms with van der Waals surface area (Å²) in [7, 11) is 0. The fraction of sp³-hybridized carbons (Fsp3) is 0.500. The van der Waals surface area contributed by atoms with Gasteiger partial charge in [-0.05, 0) is 18.5 Å². The molecule has 40 valence electrons. The monoisotopic (exact) mass is 120 g/mol. The fourth-order valence-corrected chi connectivity index (χ4v) is 0.216. The zero-order valence-electron chi connectivity index (χ0n) is 3.69. The molecule has 0 rings (SSSR count). The second-order valence-electron chi connectivity index (χ2n) is 0.870. The van der Waals surface area contributed by atoms with Crippen molar-refractivity contribution in [1.29, 1.82) is 0 Å². The Morgan fingerprint density at radius 2 is 2.43 bits per heavy atom. The van der Waals surface area contributed by atoms with Crippen molar-refractivity contribution in [3.8, 4) is 0 Å². The number of carbonyl (C=O) groups excluding carboxylic acids is 1. The number of hydrogen-bond acceptors (Lipinski definition) is 2. The van der Waals surface area contributed by atoms with Crippen molar-refractivity contribution in [1.82, 2.24) is 0 Å². The van der Waals surface area contributed by atoms with Gasteiger partial charge in [0.15, 0.2) is 0 Å². The van der Waals surface area contributed by atoms with Crippen LogP contribution in [0.15, 0.2) is 0 Å². The van der Waals surface area contributed by atoms with E-state index in [-0.39, 0.29) is 13.2 Å². The van der Waals surface area contributed by atoms with Crippen LogP contribution in [0.1, 0.15) is 0 Å². The highest BCUT2D eigenvalue weighted by Crippen LogP contribution is 1.79. The SMILES string of the molecule is [CH]COCC(=O)Cl. The minimum atomic E-state index is -0.523. The Bertz CT molecular complexity index is 62.7. The highest BCUT2D eigenvalue weighted by molar-refractivity contribution is 6.63. The Morgan fingerprint density at radius 1 is 1.86 bits per heavy atom. The average molecular weight is 121 g/mol. The molecule has 0 heterocycles. The third kappa shape index (κ3) is 5.92. The number of halogens is 1. The van der Waals surface area contributed by atoms with Crippen LogP contribution in [0.3, 0.4) is 0 Å². The molecule has 2 nitrogen and oxygen atoms in total. The molecule has 0 fully saturated rings. The van der Waals surface area contributed by atoms with E-state index in [1.54, 1.807) is 0 Å². The summed E-state index contributed by atoms with van der Waals surface area (Å²) >= 11 is 4.84. The van der Waals surface area contributed by atoms with Gasteiger partial charge in [-0.25, -0.2) is 0 Å². The molecule has 0 aliphatic carbocycles. The van der Waals surface area contributed by atoms with Gasteiger partial charge in [0.1, 0.15) is 6.61 Å². The molecule has 2 radical (unpaired) electrons. The summed E-state index contributed by atoms with van der Waals surface area (Å²) in [6.07, 6.45) is 0. The Hall–Kier alpha value is -0.0800. The number of carbonyl (C=O) groups is 1. The Labute approximate surface area is 47.4 Å². The van der Waals surface area contributed by atoms with E-state index in [1.165, 1.54) is 0 Å². The molecule has 0 bridgehead atoms. The summed E-state index contributed by atoms with van der Waals surface area (Å²) in [5.74, 6) is 0. The van der Waals surface area contributed by atoms with Crippen molar-refractivity contribution >= 4 is 16.8 Å². The van der Waals surface area contributed by atoms with Gasteiger partial charge in [-0.15, -0.1) is 0 Å². The van der Waals surface area contributed by atoms with Crippen molar-refractivity contribution in [2.24, 2.45) is 0 Å². The topological polar surface area (TPSA) is 26.3 Å². The van der Waals surface area contributed by atoms with Gasteiger partial charge in [0, 0.05) is 0 Å². The quantitative estimate of drug-likeness (QED) is 0.507. The lowest BCUT2D eigenvalue weighted by atomic mass is 10.8. The third-order valence-electron chi connectivity index (χ3n) is 0.333. The van der Waals surface area contributed by atoms with Crippen molar-refractivity contribution in [3.05, 3.63) is 6.92 Å². The van der Waals surface area contributed by atoms with Crippen molar-refractivity contribution in [2.45, 2.75) is 0 Å². The molecule has 0 aromatic rings. The van der Waals surface area contributed by atoms with Gasteiger partial charge >= 0.3 is 0 Å². The minimum absolute atomic E-state index is 0.0401. The van der Waals surface area contributed by atoms with E-state index in [9.17, 15) is 4.79 Å². The van der Waals surface area contributed by atoms with Crippen LogP contribution < -0.4 is 0 Å². The highest BCUT2D eigenvalue weighted by atomic mass is 35.5. The molecule has 0 N–H and O–H groups in total. The van der Waals surface area contributed by atoms with E-state index >= 15 is 0 Å². The standard InChI is InChI=1S/C4H5ClO2/c1-2-7-3-4(5)6/h1H,2-3H2. The van der Waals surface area contributed by atoms with Crippen LogP contribution in [0.4, 0.5) is 0 Å². The Balaban J connectivity index is 2.82. The molecule has 0 aliphatic heterocycles. The zero-order valence-corrected chi connectivity index (χ0v) is 4.44. The molecule has 0 aromatic carbocycles. The maximum atomic E-state index is 9.79. The van der Waals surface area contributed by atoms with Crippen LogP contribution in [0.2, 0.25) is 0 Å². The van der Waals surface area contributed by atoms with Crippen molar-refractivity contribution in [2.75, 3.05) is 13.2 Å². The first-order chi connectivity index (χ1) is 3.27. The molecular formula is C4H5ClO2. The van der Waals surface area contributed by atoms with Gasteiger partial charge in [-0.1, -0.05) is 0 Å². The van der Waals surface area contributed by atoms with Crippen molar-refractivity contribution < 1.29 is 9.53 Å². The summed E-state index contributed by atoms with van der Waals surface area (Å²) in [5.41, 5.74) is 0. The minimum Gasteiger partial charge on any atom is -0.372 e. The van der Waals surface area contributed by atoms with Gasteiger partial charge in [0.25, 0.3) is 0 Å². The summed E-state index contributed by atoms with van der Waals surface area (Å²) in [6, 6.07) is 0. The van der Waals surface area contributed by atoms with Gasteiger partial charge in [0.05, 0.1) is 6.61 Å². The number of hydrogen-bond donors (Lipinski definition) is 0. The number of rotatable bonds is 3. The van der Waals surface area contributed by atoms with Crippen molar-refractivity contribution in [3.63, 3.8) is 0 Å². The number of ether oxygens (including phenoxy) is 1. The molecule has 0 saturated carbocycles. The summed E-state index contributed by atoms with van der Waals surface area (Å²) in [6.45, 7) is 4.78. The molecule has 0 spiro atoms. The lowest BCUT2D eigenvalue weighted by Gasteiger charge is -1.89. The second-order valence-corrected chi connectivity index (χ2v) is 1.29. The van der Waals surface area contributed by atoms with E-state index in [0.29, 0.717) is 0 Å². The average Bonchev–Trinajstić information content (AvgIpc) is 1.61. The Kier molecular flexibility index (Phi) is 4.04. The molecule has 0 saturated heterocycles. The molecule has 7 heavy (non-hydrogen) atoms. The molecule has 0 amide bonds. The molecule has 0 aromatic heterocycles. The van der Waals surface area contributed by atoms with Crippen LogP contribution in [-0.2, 0) is 9.53 Å². The van der Waals surface area contributed by atoms with Crippen LogP contribution in [0.25, 0.3) is 0 Å². The van der Waals surface area contributed by atoms with Crippen LogP contribution >= 0.6 is 11.6 Å². The third-order valence-corrected chi connectivity index (χ3v) is 0.443. The smallest absolute Gasteiger partial charge is 0.247 e. The first kappa shape index (κ1) is 6.92. The van der Waals surface area contributed by atoms with Gasteiger partial charge in [0.2, 0.25) is 5.24 Å². The summed E-state index contributed by atoms with van der Waals surface area (Å²) in [4.78, 5) is 9.79. The van der Waals surface area contributed by atoms with Crippen LogP contribution in [0, 0.1) is 6.92 Å². The first-order valence-corrected chi connectivity index (χ1v) is 2.11. The summed E-state index contributed by atoms with van der Waals surface area (Å²) in [5, 5.41) is -0.523. The Morgan fingerprint density at radius 3 is 2.57 bits per heavy atom. The van der Waals surface area contributed by atoms with E-state index in [0.717, 1.165) is 0 Å². The first-order valence-electron chi connectivity index (χ1n) is 1.73. The van der Waals surface area contributed by atoms with E-state index in [2.05, 4.69) is 4.74 Å². The zero-order chi connectivity index (χ0) is 5.70. The van der Waals surface area contributed by atoms with E-state index in [4.69, 9.17) is 18.5 Å². The van der Waals surface area contributed by atoms with Gasteiger partial charge in [-0.2, -0.15) is 0 Å². The summed E-state index contributed by atoms with van der Waals surface area (Å²) < 4.78 is 4.39. The van der Waals surface area contributed by atoms with Gasteiger partial charge in [-0.3, -0.25) is 4.79 Å². The molecule has 0 atom stereocenters. The molecule has 0 aliphatic rings. The maximum Gasteiger partial charge on any atom is 0.247 e. The van der Waals surface area contributed by atoms with Crippen LogP contribution in [-0.4, -0.2) is 18.5 Å². The van der Waals surface area contributed by atoms with E-state index in [1.807, 2.05) is 0 Å². The predicted molar refractivity (Wildman–Crippen MR) is 26.0 cm³/mol. The lowest BCUT2D eigenvalue weighted by Crippen LogP contribution is -1.99. The molecule has 0 unspecified atom stereocenters. The largest absolute Gasteiger partial charge is 0.372 e. The predicted octanol–water partition coefficient (Wildman–Crippen LogP) is 0.479. The second kappa shape index (κ2) is 4.09. The molecule has 3 heteroatoms. The maximum absolute atomic E-state index is 9.79. The normalized spacial score (nSPS) is 8.86. The highest BCUT2D eigenvalue weighted by Gasteiger charge is 1.90. The molecular weight excluding hydrogens is 115 g/mol. The lowest BCUT2D eigenvalue weighted by molar-refractivity contribution is -0.115. The van der Waals surface area contributed by atoms with Crippen LogP contribution in [0.5, 0.6) is 0 Å². The van der Waals surface area contributed by atoms with E-state index < -0.39 is 5.24 Å². The van der Waals surface area contributed by atoms with Gasteiger partial charge < -0.3 is 4.74 Å².